The maximum absolute atomic E-state index is 12.5. The summed E-state index contributed by atoms with van der Waals surface area (Å²) in [6.45, 7) is 2.23. The van der Waals surface area contributed by atoms with E-state index in [0.29, 0.717) is 34.7 Å². The average Bonchev–Trinajstić information content (AvgIpc) is 3.01. The molecular weight excluding hydrogens is 486 g/mol. The lowest BCUT2D eigenvalue weighted by Gasteiger charge is -2.15. The van der Waals surface area contributed by atoms with Crippen LogP contribution in [0.3, 0.4) is 0 Å². The highest BCUT2D eigenvalue weighted by molar-refractivity contribution is 9.10. The van der Waals surface area contributed by atoms with Crippen molar-refractivity contribution in [3.63, 3.8) is 0 Å². The summed E-state index contributed by atoms with van der Waals surface area (Å²) in [5.41, 5.74) is 1.66. The van der Waals surface area contributed by atoms with Crippen molar-refractivity contribution in [3.8, 4) is 11.5 Å². The summed E-state index contributed by atoms with van der Waals surface area (Å²) in [4.78, 5) is 37.2. The summed E-state index contributed by atoms with van der Waals surface area (Å²) in [5, 5.41) is -0.520. The second-order valence-electron chi connectivity index (χ2n) is 6.38. The van der Waals surface area contributed by atoms with Gasteiger partial charge in [0.25, 0.3) is 11.1 Å². The van der Waals surface area contributed by atoms with Gasteiger partial charge < -0.3 is 14.2 Å². The number of amides is 2. The van der Waals surface area contributed by atoms with Crippen molar-refractivity contribution >= 4 is 50.9 Å². The molecule has 1 fully saturated rings. The van der Waals surface area contributed by atoms with E-state index >= 15 is 0 Å². The number of esters is 1. The van der Waals surface area contributed by atoms with Crippen molar-refractivity contribution < 1.29 is 28.6 Å². The lowest BCUT2D eigenvalue weighted by Crippen LogP contribution is -2.34. The lowest BCUT2D eigenvalue weighted by molar-refractivity contribution is -0.143. The van der Waals surface area contributed by atoms with E-state index in [9.17, 15) is 14.4 Å². The summed E-state index contributed by atoms with van der Waals surface area (Å²) in [7, 11) is 1.20. The van der Waals surface area contributed by atoms with Crippen LogP contribution in [-0.2, 0) is 20.9 Å². The maximum atomic E-state index is 12.5. The molecule has 1 aliphatic heterocycles. The second kappa shape index (κ2) is 10.5. The number of methoxy groups -OCH3 is 1. The Hall–Kier alpha value is -2.78. The third kappa shape index (κ3) is 5.68. The molecule has 2 aromatic carbocycles. The van der Waals surface area contributed by atoms with Crippen molar-refractivity contribution in [2.75, 3.05) is 20.3 Å². The highest BCUT2D eigenvalue weighted by Crippen LogP contribution is 2.39. The summed E-state index contributed by atoms with van der Waals surface area (Å²) in [6.07, 6.45) is 1.58. The number of ether oxygens (including phenoxy) is 3. The monoisotopic (exact) mass is 505 g/mol. The van der Waals surface area contributed by atoms with Gasteiger partial charge in [0.2, 0.25) is 0 Å². The fraction of sp³-hybridized carbons (Fsp3) is 0.227. The molecule has 1 saturated heterocycles. The first kappa shape index (κ1) is 22.9. The molecule has 0 atom stereocenters. The Morgan fingerprint density at radius 1 is 1.16 bits per heavy atom. The molecule has 0 bridgehead atoms. The molecular formula is C22H20BrNO6S. The molecule has 1 heterocycles. The Bertz CT molecular complexity index is 1020. The Morgan fingerprint density at radius 2 is 1.90 bits per heavy atom. The summed E-state index contributed by atoms with van der Waals surface area (Å²) in [5.74, 6) is -0.154. The van der Waals surface area contributed by atoms with Crippen LogP contribution in [0.1, 0.15) is 18.1 Å². The minimum atomic E-state index is -0.662. The van der Waals surface area contributed by atoms with Crippen LogP contribution >= 0.6 is 27.7 Å². The first-order chi connectivity index (χ1) is 14.9. The molecule has 9 heteroatoms. The van der Waals surface area contributed by atoms with E-state index in [1.165, 1.54) is 7.11 Å². The quantitative estimate of drug-likeness (QED) is 0.381. The van der Waals surface area contributed by atoms with Crippen molar-refractivity contribution in [2.45, 2.75) is 13.5 Å². The van der Waals surface area contributed by atoms with Gasteiger partial charge in [0.1, 0.15) is 13.2 Å². The van der Waals surface area contributed by atoms with Crippen molar-refractivity contribution in [1.82, 2.24) is 4.90 Å². The first-order valence-corrected chi connectivity index (χ1v) is 11.0. The highest BCUT2D eigenvalue weighted by Gasteiger charge is 2.36. The smallest absolute Gasteiger partial charge is 0.325 e. The number of nitrogens with zero attached hydrogens (tertiary/aromatic N) is 1. The molecule has 0 N–H and O–H groups in total. The largest absolute Gasteiger partial charge is 0.490 e. The van der Waals surface area contributed by atoms with Crippen molar-refractivity contribution in [2.24, 2.45) is 0 Å². The van der Waals surface area contributed by atoms with Gasteiger partial charge in [0, 0.05) is 0 Å². The van der Waals surface area contributed by atoms with Crippen LogP contribution in [0.25, 0.3) is 6.08 Å². The molecule has 0 saturated carbocycles. The number of thioether (sulfide) groups is 1. The van der Waals surface area contributed by atoms with Crippen LogP contribution < -0.4 is 9.47 Å². The van der Waals surface area contributed by atoms with Crippen LogP contribution in [0.4, 0.5) is 4.79 Å². The van der Waals surface area contributed by atoms with Gasteiger partial charge in [-0.15, -0.1) is 0 Å². The number of carbonyl (C=O) groups is 3. The second-order valence-corrected chi connectivity index (χ2v) is 8.23. The van der Waals surface area contributed by atoms with E-state index in [0.717, 1.165) is 22.2 Å². The fourth-order valence-electron chi connectivity index (χ4n) is 2.79. The molecule has 2 amide bonds. The molecule has 0 unspecified atom stereocenters. The standard InChI is InChI=1S/C22H20BrNO6S/c1-3-29-17-10-15(9-16(23)20(17)30-13-14-7-5-4-6-8-14)11-18-21(26)24(22(27)31-18)12-19(25)28-2/h4-11H,3,12-13H2,1-2H3/b18-11-. The number of rotatable bonds is 8. The molecule has 7 nitrogen and oxygen atoms in total. The normalized spacial score (nSPS) is 14.8. The minimum Gasteiger partial charge on any atom is -0.490 e. The lowest BCUT2D eigenvalue weighted by atomic mass is 10.1. The van der Waals surface area contributed by atoms with Crippen LogP contribution in [0.5, 0.6) is 11.5 Å². The van der Waals surface area contributed by atoms with Gasteiger partial charge in [-0.1, -0.05) is 30.3 Å². The molecule has 162 valence electrons. The summed E-state index contributed by atoms with van der Waals surface area (Å²) in [6, 6.07) is 13.3. The van der Waals surface area contributed by atoms with Gasteiger partial charge in [0.15, 0.2) is 11.5 Å². The third-order valence-electron chi connectivity index (χ3n) is 4.24. The van der Waals surface area contributed by atoms with Gasteiger partial charge in [-0.25, -0.2) is 0 Å². The molecule has 0 aromatic heterocycles. The molecule has 0 spiro atoms. The summed E-state index contributed by atoms with van der Waals surface area (Å²) < 4.78 is 16.9. The first-order valence-electron chi connectivity index (χ1n) is 9.38. The van der Waals surface area contributed by atoms with Crippen LogP contribution in [0.2, 0.25) is 0 Å². The molecule has 2 aromatic rings. The highest BCUT2D eigenvalue weighted by atomic mass is 79.9. The maximum Gasteiger partial charge on any atom is 0.325 e. The summed E-state index contributed by atoms with van der Waals surface area (Å²) >= 11 is 4.28. The van der Waals surface area contributed by atoms with Crippen LogP contribution in [0, 0.1) is 0 Å². The van der Waals surface area contributed by atoms with Crippen LogP contribution in [0.15, 0.2) is 51.8 Å². The number of hydrogen-bond acceptors (Lipinski definition) is 7. The predicted molar refractivity (Wildman–Crippen MR) is 121 cm³/mol. The Kier molecular flexibility index (Phi) is 7.75. The third-order valence-corrected chi connectivity index (χ3v) is 5.74. The van der Waals surface area contributed by atoms with Crippen LogP contribution in [-0.4, -0.2) is 42.3 Å². The zero-order chi connectivity index (χ0) is 22.4. The van der Waals surface area contributed by atoms with Crippen molar-refractivity contribution in [1.29, 1.82) is 0 Å². The van der Waals surface area contributed by atoms with Gasteiger partial charge >= 0.3 is 5.97 Å². The number of halogens is 1. The Labute approximate surface area is 192 Å². The van der Waals surface area contributed by atoms with E-state index in [1.54, 1.807) is 18.2 Å². The fourth-order valence-corrected chi connectivity index (χ4v) is 4.20. The van der Waals surface area contributed by atoms with Gasteiger partial charge in [0.05, 0.1) is 23.1 Å². The molecule has 31 heavy (non-hydrogen) atoms. The SMILES string of the molecule is CCOc1cc(/C=C2\SC(=O)N(CC(=O)OC)C2=O)cc(Br)c1OCc1ccccc1. The zero-order valence-corrected chi connectivity index (χ0v) is 19.3. The number of carbonyl (C=O) groups excluding carboxylic acids is 3. The average molecular weight is 506 g/mol. The topological polar surface area (TPSA) is 82.1 Å². The predicted octanol–water partition coefficient (Wildman–Crippen LogP) is 4.64. The van der Waals surface area contributed by atoms with Crippen molar-refractivity contribution in [3.05, 3.63) is 63.0 Å². The van der Waals surface area contributed by atoms with Gasteiger partial charge in [-0.05, 0) is 64.0 Å². The minimum absolute atomic E-state index is 0.209. The molecule has 1 aliphatic rings. The van der Waals surface area contributed by atoms with E-state index in [1.807, 2.05) is 37.3 Å². The van der Waals surface area contributed by atoms with Gasteiger partial charge in [-0.2, -0.15) is 0 Å². The number of hydrogen-bond donors (Lipinski definition) is 0. The van der Waals surface area contributed by atoms with E-state index in [-0.39, 0.29) is 4.91 Å². The van der Waals surface area contributed by atoms with E-state index in [4.69, 9.17) is 9.47 Å². The Morgan fingerprint density at radius 3 is 2.58 bits per heavy atom. The Balaban J connectivity index is 1.84. The number of imide groups is 1. The molecule has 0 radical (unpaired) electrons. The number of benzene rings is 2. The van der Waals surface area contributed by atoms with E-state index in [2.05, 4.69) is 20.7 Å². The van der Waals surface area contributed by atoms with E-state index < -0.39 is 23.7 Å². The zero-order valence-electron chi connectivity index (χ0n) is 16.9. The molecule has 0 aliphatic carbocycles. The molecule has 3 rings (SSSR count). The van der Waals surface area contributed by atoms with Gasteiger partial charge in [-0.3, -0.25) is 19.3 Å².